The summed E-state index contributed by atoms with van der Waals surface area (Å²) in [4.78, 5) is 52.4. The maximum Gasteiger partial charge on any atom is 0.407 e. The zero-order valence-corrected chi connectivity index (χ0v) is 30.6. The van der Waals surface area contributed by atoms with Gasteiger partial charge >= 0.3 is 18.2 Å². The topological polar surface area (TPSA) is 149 Å². The second-order valence-electron chi connectivity index (χ2n) is 14.1. The largest absolute Gasteiger partial charge is 0.467 e. The van der Waals surface area contributed by atoms with Crippen LogP contribution in [0.25, 0.3) is 11.1 Å². The summed E-state index contributed by atoms with van der Waals surface area (Å²) in [5.41, 5.74) is 8.82. The highest BCUT2D eigenvalue weighted by atomic mass is 16.6. The third kappa shape index (κ3) is 16.7. The maximum atomic E-state index is 13.7. The van der Waals surface area contributed by atoms with Gasteiger partial charge in [-0.3, -0.25) is 4.79 Å². The van der Waals surface area contributed by atoms with Crippen LogP contribution in [0.15, 0.2) is 48.5 Å². The van der Waals surface area contributed by atoms with Gasteiger partial charge in [-0.15, -0.1) is 0 Å². The van der Waals surface area contributed by atoms with Gasteiger partial charge in [0, 0.05) is 26.1 Å². The van der Waals surface area contributed by atoms with Crippen LogP contribution in [0.4, 0.5) is 9.59 Å². The molecule has 0 unspecified atom stereocenters. The van der Waals surface area contributed by atoms with E-state index in [0.717, 1.165) is 36.0 Å². The number of nitrogens with two attached hydrogens (primary N) is 1. The summed E-state index contributed by atoms with van der Waals surface area (Å²) in [6, 6.07) is 15.8. The second-order valence-corrected chi connectivity index (χ2v) is 14.1. The molecule has 0 aliphatic carbocycles. The molecule has 0 aliphatic rings. The summed E-state index contributed by atoms with van der Waals surface area (Å²) in [5, 5.41) is 5.40. The number of hydrogen-bond donors (Lipinski definition) is 3. The average molecular weight is 683 g/mol. The monoisotopic (exact) mass is 682 g/mol. The van der Waals surface area contributed by atoms with Crippen LogP contribution in [-0.2, 0) is 36.6 Å². The first-order valence-electron chi connectivity index (χ1n) is 17.3. The fraction of sp³-hybridized carbons (Fsp3) is 0.579. The Morgan fingerprint density at radius 1 is 0.714 bits per heavy atom. The van der Waals surface area contributed by atoms with Crippen molar-refractivity contribution >= 4 is 24.1 Å². The lowest BCUT2D eigenvalue weighted by molar-refractivity contribution is -0.153. The molecule has 49 heavy (non-hydrogen) atoms. The number of carbonyl (C=O) groups is 4. The maximum absolute atomic E-state index is 13.7. The highest BCUT2D eigenvalue weighted by Gasteiger charge is 2.30. The van der Waals surface area contributed by atoms with E-state index in [0.29, 0.717) is 38.8 Å². The molecule has 11 heteroatoms. The number of carbonyl (C=O) groups excluding carboxylic acids is 4. The molecule has 0 saturated carbocycles. The Bertz CT molecular complexity index is 1320. The Morgan fingerprint density at radius 3 is 1.71 bits per heavy atom. The van der Waals surface area contributed by atoms with Crippen molar-refractivity contribution in [1.29, 1.82) is 0 Å². The number of aryl methyl sites for hydroxylation is 2. The van der Waals surface area contributed by atoms with E-state index in [-0.39, 0.29) is 25.4 Å². The number of benzene rings is 2. The third-order valence-corrected chi connectivity index (χ3v) is 7.55. The van der Waals surface area contributed by atoms with Crippen LogP contribution < -0.4 is 16.4 Å². The standard InChI is InChI=1S/C38H58N4O7/c1-37(2,3)48-35(45)40-25-11-9-13-32(34(44)47-7)42(27-26-41-36(46)49-38(4,5)6)33(43)23-18-29-16-21-31(22-17-29)30-19-14-28(15-20-30)12-8-10-24-39/h14-17,19-22,32H,8-13,18,23-27,39H2,1-7H3,(H,40,45)(H,41,46)/t32-/m0/s1. The Balaban J connectivity index is 2.07. The minimum atomic E-state index is -0.861. The number of amides is 3. The van der Waals surface area contributed by atoms with Gasteiger partial charge in [0.05, 0.1) is 7.11 Å². The van der Waals surface area contributed by atoms with Crippen molar-refractivity contribution in [3.05, 3.63) is 59.7 Å². The Kier molecular flexibility index (Phi) is 17.1. The van der Waals surface area contributed by atoms with Crippen LogP contribution in [0, 0.1) is 0 Å². The number of unbranched alkanes of at least 4 members (excludes halogenated alkanes) is 2. The van der Waals surface area contributed by atoms with Crippen molar-refractivity contribution in [3.63, 3.8) is 0 Å². The summed E-state index contributed by atoms with van der Waals surface area (Å²) in [5.74, 6) is -0.775. The van der Waals surface area contributed by atoms with E-state index in [4.69, 9.17) is 19.9 Å². The number of hydrogen-bond acceptors (Lipinski definition) is 8. The molecule has 11 nitrogen and oxygen atoms in total. The smallest absolute Gasteiger partial charge is 0.407 e. The molecule has 3 amide bonds. The van der Waals surface area contributed by atoms with Gasteiger partial charge in [-0.25, -0.2) is 14.4 Å². The average Bonchev–Trinajstić information content (AvgIpc) is 3.03. The van der Waals surface area contributed by atoms with Crippen molar-refractivity contribution in [1.82, 2.24) is 15.5 Å². The molecule has 0 heterocycles. The van der Waals surface area contributed by atoms with Crippen LogP contribution in [0.1, 0.15) is 91.2 Å². The van der Waals surface area contributed by atoms with Gasteiger partial charge in [0.25, 0.3) is 0 Å². The van der Waals surface area contributed by atoms with Crippen LogP contribution in [-0.4, -0.2) is 79.5 Å². The lowest BCUT2D eigenvalue weighted by Gasteiger charge is -2.30. The van der Waals surface area contributed by atoms with Crippen LogP contribution in [0.5, 0.6) is 0 Å². The first-order chi connectivity index (χ1) is 23.1. The van der Waals surface area contributed by atoms with E-state index in [2.05, 4.69) is 34.9 Å². The van der Waals surface area contributed by atoms with Gasteiger partial charge in [0.2, 0.25) is 5.91 Å². The first-order valence-corrected chi connectivity index (χ1v) is 17.3. The molecular formula is C38H58N4O7. The first kappa shape index (κ1) is 41.1. The predicted octanol–water partition coefficient (Wildman–Crippen LogP) is 6.16. The van der Waals surface area contributed by atoms with E-state index in [1.807, 2.05) is 24.3 Å². The number of ether oxygens (including phenoxy) is 3. The van der Waals surface area contributed by atoms with Crippen molar-refractivity contribution in [3.8, 4) is 11.1 Å². The van der Waals surface area contributed by atoms with E-state index in [1.54, 1.807) is 41.5 Å². The number of nitrogens with zero attached hydrogens (tertiary/aromatic N) is 1. The van der Waals surface area contributed by atoms with Crippen molar-refractivity contribution in [2.24, 2.45) is 5.73 Å². The van der Waals surface area contributed by atoms with E-state index < -0.39 is 35.4 Å². The molecule has 0 bridgehead atoms. The number of rotatable bonds is 18. The zero-order chi connectivity index (χ0) is 36.5. The van der Waals surface area contributed by atoms with Gasteiger partial charge in [-0.05, 0) is 115 Å². The van der Waals surface area contributed by atoms with Gasteiger partial charge in [0.15, 0.2) is 0 Å². The van der Waals surface area contributed by atoms with Crippen molar-refractivity contribution < 1.29 is 33.4 Å². The molecule has 2 aromatic carbocycles. The molecule has 1 atom stereocenters. The Labute approximate surface area is 292 Å². The van der Waals surface area contributed by atoms with Crippen molar-refractivity contribution in [2.75, 3.05) is 33.3 Å². The summed E-state index contributed by atoms with van der Waals surface area (Å²) in [6.07, 6.45) is 4.05. The molecule has 0 aliphatic heterocycles. The van der Waals surface area contributed by atoms with E-state index >= 15 is 0 Å². The normalized spacial score (nSPS) is 12.1. The van der Waals surface area contributed by atoms with Gasteiger partial charge in [-0.1, -0.05) is 48.5 Å². The quantitative estimate of drug-likeness (QED) is 0.0962. The van der Waals surface area contributed by atoms with E-state index in [9.17, 15) is 19.2 Å². The Hall–Kier alpha value is -4.12. The minimum absolute atomic E-state index is 0.0921. The van der Waals surface area contributed by atoms with Gasteiger partial charge < -0.3 is 35.5 Å². The molecule has 0 saturated heterocycles. The predicted molar refractivity (Wildman–Crippen MR) is 192 cm³/mol. The summed E-state index contributed by atoms with van der Waals surface area (Å²) >= 11 is 0. The molecule has 2 aromatic rings. The lowest BCUT2D eigenvalue weighted by atomic mass is 9.99. The zero-order valence-electron chi connectivity index (χ0n) is 30.6. The molecule has 0 fully saturated rings. The van der Waals surface area contributed by atoms with Crippen LogP contribution in [0.3, 0.4) is 0 Å². The highest BCUT2D eigenvalue weighted by molar-refractivity contribution is 5.84. The van der Waals surface area contributed by atoms with Crippen LogP contribution in [0.2, 0.25) is 0 Å². The fourth-order valence-corrected chi connectivity index (χ4v) is 5.15. The number of methoxy groups -OCH3 is 1. The van der Waals surface area contributed by atoms with Crippen LogP contribution >= 0.6 is 0 Å². The number of esters is 1. The molecule has 4 N–H and O–H groups in total. The SMILES string of the molecule is COC(=O)[C@H](CCCCNC(=O)OC(C)(C)C)N(CCNC(=O)OC(C)(C)C)C(=O)CCc1ccc(-c2ccc(CCCCN)cc2)cc1. The van der Waals surface area contributed by atoms with Gasteiger partial charge in [0.1, 0.15) is 17.2 Å². The number of nitrogens with one attached hydrogen (secondary N) is 2. The molecular weight excluding hydrogens is 624 g/mol. The minimum Gasteiger partial charge on any atom is -0.467 e. The summed E-state index contributed by atoms with van der Waals surface area (Å²) in [6.45, 7) is 11.9. The molecule has 0 spiro atoms. The lowest BCUT2D eigenvalue weighted by Crippen LogP contribution is -2.49. The third-order valence-electron chi connectivity index (χ3n) is 7.55. The summed E-state index contributed by atoms with van der Waals surface area (Å²) < 4.78 is 15.7. The summed E-state index contributed by atoms with van der Waals surface area (Å²) in [7, 11) is 1.29. The number of alkyl carbamates (subject to hydrolysis) is 2. The Morgan fingerprint density at radius 2 is 1.22 bits per heavy atom. The molecule has 0 radical (unpaired) electrons. The van der Waals surface area contributed by atoms with E-state index in [1.165, 1.54) is 17.6 Å². The molecule has 2 rings (SSSR count). The fourth-order valence-electron chi connectivity index (χ4n) is 5.15. The molecule has 0 aromatic heterocycles. The molecule has 272 valence electrons. The van der Waals surface area contributed by atoms with Crippen molar-refractivity contribution in [2.45, 2.75) is 110 Å². The second kappa shape index (κ2) is 20.4. The van der Waals surface area contributed by atoms with Gasteiger partial charge in [-0.2, -0.15) is 0 Å². The highest BCUT2D eigenvalue weighted by Crippen LogP contribution is 2.22.